The molecule has 1 aliphatic heterocycles. The number of halogens is 1. The van der Waals surface area contributed by atoms with E-state index < -0.39 is 38.7 Å². The molecule has 1 aromatic rings. The molecule has 0 saturated carbocycles. The van der Waals surface area contributed by atoms with E-state index in [4.69, 9.17) is 5.11 Å². The zero-order valence-corrected chi connectivity index (χ0v) is 12.7. The van der Waals surface area contributed by atoms with E-state index in [-0.39, 0.29) is 18.0 Å². The van der Waals surface area contributed by atoms with Crippen molar-refractivity contribution in [2.75, 3.05) is 13.1 Å². The molecule has 1 N–H and O–H groups in total. The maximum Gasteiger partial charge on any atom is 0.308 e. The highest BCUT2D eigenvalue weighted by Crippen LogP contribution is 2.22. The maximum absolute atomic E-state index is 12.9. The first-order valence-corrected chi connectivity index (χ1v) is 8.29. The number of hydrogen-bond donors (Lipinski definition) is 1. The summed E-state index contributed by atoms with van der Waals surface area (Å²) in [5.41, 5.74) is 0. The molecule has 1 aromatic carbocycles. The summed E-state index contributed by atoms with van der Waals surface area (Å²) < 4.78 is 37.6. The Balaban J connectivity index is 2.16. The largest absolute Gasteiger partial charge is 0.481 e. The molecule has 1 amide bonds. The number of nitrogens with zero attached hydrogens (tertiary/aromatic N) is 1. The molecular weight excluding hydrogens is 313 g/mol. The van der Waals surface area contributed by atoms with E-state index in [0.717, 1.165) is 24.3 Å². The van der Waals surface area contributed by atoms with Gasteiger partial charge in [-0.15, -0.1) is 0 Å². The number of rotatable bonds is 4. The van der Waals surface area contributed by atoms with Gasteiger partial charge in [0, 0.05) is 13.1 Å². The van der Waals surface area contributed by atoms with Crippen molar-refractivity contribution in [3.8, 4) is 0 Å². The van der Waals surface area contributed by atoms with Crippen LogP contribution in [0.25, 0.3) is 0 Å². The first-order chi connectivity index (χ1) is 10.2. The van der Waals surface area contributed by atoms with E-state index in [1.807, 2.05) is 0 Å². The van der Waals surface area contributed by atoms with E-state index in [1.54, 1.807) is 0 Å². The molecule has 8 heteroatoms. The molecule has 0 aliphatic carbocycles. The number of carboxylic acid groups (broad SMARTS) is 1. The minimum atomic E-state index is -3.94. The van der Waals surface area contributed by atoms with Crippen LogP contribution in [0.1, 0.15) is 13.3 Å². The van der Waals surface area contributed by atoms with Crippen molar-refractivity contribution in [3.63, 3.8) is 0 Å². The Bertz CT molecular complexity index is 686. The second kappa shape index (κ2) is 6.04. The fraction of sp³-hybridized carbons (Fsp3) is 0.429. The number of carboxylic acids is 1. The number of amides is 1. The van der Waals surface area contributed by atoms with Crippen LogP contribution in [-0.2, 0) is 19.4 Å². The van der Waals surface area contributed by atoms with Gasteiger partial charge in [-0.05, 0) is 37.6 Å². The quantitative estimate of drug-likeness (QED) is 0.830. The number of aliphatic carboxylic acids is 1. The second-order valence-corrected chi connectivity index (χ2v) is 7.52. The monoisotopic (exact) mass is 329 g/mol. The Hall–Kier alpha value is -1.96. The molecule has 1 saturated heterocycles. The highest BCUT2D eigenvalue weighted by molar-refractivity contribution is 7.92. The number of hydrogen-bond acceptors (Lipinski definition) is 4. The zero-order chi connectivity index (χ0) is 16.5. The van der Waals surface area contributed by atoms with Crippen LogP contribution in [0.15, 0.2) is 29.2 Å². The highest BCUT2D eigenvalue weighted by Gasteiger charge is 2.37. The van der Waals surface area contributed by atoms with Crippen LogP contribution in [0.3, 0.4) is 0 Å². The molecular formula is C14H16FNO5S. The molecule has 1 fully saturated rings. The van der Waals surface area contributed by atoms with Gasteiger partial charge in [-0.3, -0.25) is 9.59 Å². The first-order valence-electron chi connectivity index (χ1n) is 6.74. The Labute approximate surface area is 127 Å². The summed E-state index contributed by atoms with van der Waals surface area (Å²) in [6.45, 7) is 1.49. The number of likely N-dealkylation sites (tertiary alicyclic amines) is 1. The van der Waals surface area contributed by atoms with Gasteiger partial charge in [-0.2, -0.15) is 0 Å². The standard InChI is InChI=1S/C14H16FNO5S/c1-9(13(17)16-7-6-10(8-16)14(18)19)22(20,21)12-4-2-11(15)3-5-12/h2-5,9-10H,6-8H2,1H3,(H,18,19)/t9-,10-/m1/s1. The van der Waals surface area contributed by atoms with Crippen molar-refractivity contribution < 1.29 is 27.5 Å². The van der Waals surface area contributed by atoms with Crippen molar-refractivity contribution in [1.29, 1.82) is 0 Å². The highest BCUT2D eigenvalue weighted by atomic mass is 32.2. The summed E-state index contributed by atoms with van der Waals surface area (Å²) in [5.74, 6) is -2.86. The van der Waals surface area contributed by atoms with Crippen LogP contribution in [0.4, 0.5) is 4.39 Å². The summed E-state index contributed by atoms with van der Waals surface area (Å²) in [7, 11) is -3.94. The minimum absolute atomic E-state index is 0.0114. The van der Waals surface area contributed by atoms with Crippen LogP contribution in [-0.4, -0.2) is 48.6 Å². The lowest BCUT2D eigenvalue weighted by molar-refractivity contribution is -0.141. The molecule has 120 valence electrons. The lowest BCUT2D eigenvalue weighted by atomic mass is 10.1. The van der Waals surface area contributed by atoms with Gasteiger partial charge in [-0.1, -0.05) is 0 Å². The molecule has 1 aliphatic rings. The Morgan fingerprint density at radius 2 is 1.91 bits per heavy atom. The number of carbonyl (C=O) groups excluding carboxylic acids is 1. The molecule has 2 rings (SSSR count). The lowest BCUT2D eigenvalue weighted by Gasteiger charge is -2.20. The van der Waals surface area contributed by atoms with Gasteiger partial charge < -0.3 is 10.0 Å². The van der Waals surface area contributed by atoms with Crippen LogP contribution in [0.5, 0.6) is 0 Å². The van der Waals surface area contributed by atoms with Crippen LogP contribution in [0, 0.1) is 11.7 Å². The summed E-state index contributed by atoms with van der Waals surface area (Å²) >= 11 is 0. The average molecular weight is 329 g/mol. The minimum Gasteiger partial charge on any atom is -0.481 e. The van der Waals surface area contributed by atoms with E-state index in [2.05, 4.69) is 0 Å². The van der Waals surface area contributed by atoms with Gasteiger partial charge in [0.05, 0.1) is 10.8 Å². The van der Waals surface area contributed by atoms with Gasteiger partial charge in [0.2, 0.25) is 5.91 Å². The molecule has 0 spiro atoms. The van der Waals surface area contributed by atoms with Crippen molar-refractivity contribution in [1.82, 2.24) is 4.90 Å². The van der Waals surface area contributed by atoms with Gasteiger partial charge in [0.15, 0.2) is 9.84 Å². The topological polar surface area (TPSA) is 91.8 Å². The van der Waals surface area contributed by atoms with Crippen LogP contribution >= 0.6 is 0 Å². The predicted octanol–water partition coefficient (Wildman–Crippen LogP) is 0.921. The van der Waals surface area contributed by atoms with Gasteiger partial charge in [0.25, 0.3) is 0 Å². The zero-order valence-electron chi connectivity index (χ0n) is 11.9. The summed E-state index contributed by atoms with van der Waals surface area (Å²) in [4.78, 5) is 24.3. The molecule has 0 aromatic heterocycles. The van der Waals surface area contributed by atoms with E-state index in [9.17, 15) is 22.4 Å². The lowest BCUT2D eigenvalue weighted by Crippen LogP contribution is -2.40. The summed E-state index contributed by atoms with van der Waals surface area (Å²) in [6.07, 6.45) is 0.310. The molecule has 1 heterocycles. The summed E-state index contributed by atoms with van der Waals surface area (Å²) in [6, 6.07) is 4.25. The normalized spacial score (nSPS) is 19.9. The van der Waals surface area contributed by atoms with Gasteiger partial charge in [0.1, 0.15) is 11.1 Å². The fourth-order valence-electron chi connectivity index (χ4n) is 2.38. The summed E-state index contributed by atoms with van der Waals surface area (Å²) in [5, 5.41) is 7.58. The van der Waals surface area contributed by atoms with E-state index >= 15 is 0 Å². The molecule has 0 unspecified atom stereocenters. The Morgan fingerprint density at radius 3 is 2.41 bits per heavy atom. The van der Waals surface area contributed by atoms with Crippen LogP contribution in [0.2, 0.25) is 0 Å². The van der Waals surface area contributed by atoms with E-state index in [1.165, 1.54) is 11.8 Å². The molecule has 2 atom stereocenters. The number of sulfone groups is 1. The van der Waals surface area contributed by atoms with E-state index in [0.29, 0.717) is 6.42 Å². The fourth-order valence-corrected chi connectivity index (χ4v) is 3.72. The Morgan fingerprint density at radius 1 is 1.32 bits per heavy atom. The number of carbonyl (C=O) groups is 2. The molecule has 6 nitrogen and oxygen atoms in total. The second-order valence-electron chi connectivity index (χ2n) is 5.25. The number of benzene rings is 1. The third-order valence-corrected chi connectivity index (χ3v) is 5.87. The third-order valence-electron chi connectivity index (χ3n) is 3.80. The molecule has 0 radical (unpaired) electrons. The average Bonchev–Trinajstić information content (AvgIpc) is 2.96. The van der Waals surface area contributed by atoms with Crippen molar-refractivity contribution in [3.05, 3.63) is 30.1 Å². The Kier molecular flexibility index (Phi) is 4.50. The molecule has 0 bridgehead atoms. The third kappa shape index (κ3) is 3.11. The van der Waals surface area contributed by atoms with Crippen molar-refractivity contribution >= 4 is 21.7 Å². The van der Waals surface area contributed by atoms with Crippen LogP contribution < -0.4 is 0 Å². The first kappa shape index (κ1) is 16.4. The van der Waals surface area contributed by atoms with Crippen molar-refractivity contribution in [2.24, 2.45) is 5.92 Å². The SMILES string of the molecule is C[C@H](C(=O)N1CC[C@@H](C(=O)O)C1)S(=O)(=O)c1ccc(F)cc1. The molecule has 22 heavy (non-hydrogen) atoms. The van der Waals surface area contributed by atoms with Gasteiger partial charge >= 0.3 is 5.97 Å². The predicted molar refractivity (Wildman–Crippen MR) is 75.4 cm³/mol. The van der Waals surface area contributed by atoms with Gasteiger partial charge in [-0.25, -0.2) is 12.8 Å². The smallest absolute Gasteiger partial charge is 0.308 e. The van der Waals surface area contributed by atoms with Crippen molar-refractivity contribution in [2.45, 2.75) is 23.5 Å². The maximum atomic E-state index is 12.9.